The van der Waals surface area contributed by atoms with E-state index in [1.165, 1.54) is 0 Å². The van der Waals surface area contributed by atoms with Gasteiger partial charge in [-0.15, -0.1) is 0 Å². The van der Waals surface area contributed by atoms with E-state index in [1.807, 2.05) is 32.9 Å². The van der Waals surface area contributed by atoms with Gasteiger partial charge >= 0.3 is 0 Å². The quantitative estimate of drug-likeness (QED) is 0.829. The zero-order valence-corrected chi connectivity index (χ0v) is 10.1. The first-order valence-corrected chi connectivity index (χ1v) is 5.98. The summed E-state index contributed by atoms with van der Waals surface area (Å²) in [5.41, 5.74) is 1.01. The van der Waals surface area contributed by atoms with Gasteiger partial charge < -0.3 is 5.11 Å². The molecule has 0 aromatic heterocycles. The molecular formula is C11H17NO2S. The summed E-state index contributed by atoms with van der Waals surface area (Å²) in [6, 6.07) is 6.86. The van der Waals surface area contributed by atoms with Crippen molar-refractivity contribution in [3.63, 3.8) is 0 Å². The fourth-order valence-electron chi connectivity index (χ4n) is 0.979. The average Bonchev–Trinajstić information content (AvgIpc) is 2.15. The Bertz CT molecular complexity index is 341. The van der Waals surface area contributed by atoms with Gasteiger partial charge in [-0.1, -0.05) is 12.1 Å². The van der Waals surface area contributed by atoms with Crippen LogP contribution in [0.5, 0.6) is 5.75 Å². The van der Waals surface area contributed by atoms with E-state index in [9.17, 15) is 4.21 Å². The van der Waals surface area contributed by atoms with Crippen LogP contribution in [0.25, 0.3) is 0 Å². The van der Waals surface area contributed by atoms with Gasteiger partial charge in [0.25, 0.3) is 0 Å². The van der Waals surface area contributed by atoms with Crippen LogP contribution in [-0.4, -0.2) is 14.1 Å². The second kappa shape index (κ2) is 4.77. The molecule has 2 N–H and O–H groups in total. The van der Waals surface area contributed by atoms with Crippen molar-refractivity contribution in [1.29, 1.82) is 0 Å². The van der Waals surface area contributed by atoms with Gasteiger partial charge in [-0.2, -0.15) is 0 Å². The van der Waals surface area contributed by atoms with Gasteiger partial charge in [0.1, 0.15) is 5.75 Å². The van der Waals surface area contributed by atoms with Crippen LogP contribution in [0, 0.1) is 0 Å². The summed E-state index contributed by atoms with van der Waals surface area (Å²) in [6.45, 7) is 6.32. The van der Waals surface area contributed by atoms with Gasteiger partial charge in [0.15, 0.2) is 0 Å². The van der Waals surface area contributed by atoms with Gasteiger partial charge in [-0.05, 0) is 38.5 Å². The van der Waals surface area contributed by atoms with E-state index < -0.39 is 11.0 Å². The summed E-state index contributed by atoms with van der Waals surface area (Å²) in [5.74, 6) is 0.246. The molecule has 0 aliphatic rings. The Morgan fingerprint density at radius 2 is 1.80 bits per heavy atom. The van der Waals surface area contributed by atoms with E-state index in [2.05, 4.69) is 4.72 Å². The highest BCUT2D eigenvalue weighted by atomic mass is 32.2. The standard InChI is InChI=1S/C11H17NO2S/c1-11(2,3)15(14)12-8-9-4-6-10(13)7-5-9/h4-7,12-13H,8H2,1-3H3. The number of benzene rings is 1. The van der Waals surface area contributed by atoms with Crippen molar-refractivity contribution in [3.8, 4) is 5.75 Å². The number of hydrogen-bond acceptors (Lipinski definition) is 2. The molecule has 0 saturated heterocycles. The molecule has 0 spiro atoms. The molecule has 0 saturated carbocycles. The van der Waals surface area contributed by atoms with E-state index in [0.717, 1.165) is 5.56 Å². The Morgan fingerprint density at radius 1 is 1.27 bits per heavy atom. The lowest BCUT2D eigenvalue weighted by Gasteiger charge is -2.18. The summed E-state index contributed by atoms with van der Waals surface area (Å²) in [7, 11) is -1.06. The smallest absolute Gasteiger partial charge is 0.115 e. The van der Waals surface area contributed by atoms with Crippen molar-refractivity contribution >= 4 is 11.0 Å². The van der Waals surface area contributed by atoms with Gasteiger partial charge in [-0.25, -0.2) is 8.93 Å². The van der Waals surface area contributed by atoms with Gasteiger partial charge in [0, 0.05) is 6.54 Å². The van der Waals surface area contributed by atoms with Crippen molar-refractivity contribution in [2.24, 2.45) is 0 Å². The molecule has 84 valence electrons. The van der Waals surface area contributed by atoms with Crippen LogP contribution in [0.15, 0.2) is 24.3 Å². The highest BCUT2D eigenvalue weighted by Gasteiger charge is 2.18. The van der Waals surface area contributed by atoms with Crippen LogP contribution in [-0.2, 0) is 17.5 Å². The first kappa shape index (κ1) is 12.2. The molecule has 0 aliphatic carbocycles. The Hall–Kier alpha value is -0.870. The van der Waals surface area contributed by atoms with E-state index in [0.29, 0.717) is 6.54 Å². The van der Waals surface area contributed by atoms with Crippen LogP contribution < -0.4 is 4.72 Å². The van der Waals surface area contributed by atoms with Gasteiger partial charge in [0.2, 0.25) is 0 Å². The highest BCUT2D eigenvalue weighted by Crippen LogP contribution is 2.12. The molecule has 0 bridgehead atoms. The van der Waals surface area contributed by atoms with Crippen molar-refractivity contribution in [2.45, 2.75) is 32.1 Å². The van der Waals surface area contributed by atoms with Gasteiger partial charge in [0.05, 0.1) is 15.7 Å². The Kier molecular flexibility index (Phi) is 3.88. The second-order valence-electron chi connectivity index (χ2n) is 4.37. The summed E-state index contributed by atoms with van der Waals surface area (Å²) in [4.78, 5) is 0. The SMILES string of the molecule is CC(C)(C)S(=O)NCc1ccc(O)cc1. The molecule has 1 aromatic rings. The molecule has 4 heteroatoms. The van der Waals surface area contributed by atoms with E-state index in [4.69, 9.17) is 5.11 Å². The normalized spacial score (nSPS) is 13.8. The first-order valence-electron chi connectivity index (χ1n) is 4.83. The highest BCUT2D eigenvalue weighted by molar-refractivity contribution is 7.84. The molecule has 1 unspecified atom stereocenters. The number of phenols is 1. The number of hydrogen-bond donors (Lipinski definition) is 2. The number of nitrogens with one attached hydrogen (secondary N) is 1. The average molecular weight is 227 g/mol. The third-order valence-electron chi connectivity index (χ3n) is 1.90. The van der Waals surface area contributed by atoms with Crippen molar-refractivity contribution in [2.75, 3.05) is 0 Å². The molecule has 0 amide bonds. The molecule has 0 radical (unpaired) electrons. The minimum Gasteiger partial charge on any atom is -0.508 e. The lowest BCUT2D eigenvalue weighted by molar-refractivity contribution is 0.475. The summed E-state index contributed by atoms with van der Waals surface area (Å²) in [6.07, 6.45) is 0. The maximum atomic E-state index is 11.7. The fourth-order valence-corrected chi connectivity index (χ4v) is 1.71. The summed E-state index contributed by atoms with van der Waals surface area (Å²) in [5, 5.41) is 9.08. The molecule has 3 nitrogen and oxygen atoms in total. The third kappa shape index (κ3) is 4.01. The summed E-state index contributed by atoms with van der Waals surface area (Å²) < 4.78 is 14.4. The van der Waals surface area contributed by atoms with Crippen LogP contribution in [0.1, 0.15) is 26.3 Å². The number of rotatable bonds is 3. The molecule has 0 aliphatic heterocycles. The fraction of sp³-hybridized carbons (Fsp3) is 0.455. The largest absolute Gasteiger partial charge is 0.508 e. The van der Waals surface area contributed by atoms with E-state index in [-0.39, 0.29) is 10.5 Å². The minimum absolute atomic E-state index is 0.246. The van der Waals surface area contributed by atoms with Crippen LogP contribution >= 0.6 is 0 Å². The topological polar surface area (TPSA) is 49.3 Å². The van der Waals surface area contributed by atoms with Crippen molar-refractivity contribution < 1.29 is 9.32 Å². The lowest BCUT2D eigenvalue weighted by Crippen LogP contribution is -2.32. The Morgan fingerprint density at radius 3 is 2.27 bits per heavy atom. The molecule has 1 aromatic carbocycles. The predicted molar refractivity (Wildman–Crippen MR) is 62.8 cm³/mol. The number of aromatic hydroxyl groups is 1. The number of phenolic OH excluding ortho intramolecular Hbond substituents is 1. The van der Waals surface area contributed by atoms with Crippen LogP contribution in [0.2, 0.25) is 0 Å². The van der Waals surface area contributed by atoms with Crippen molar-refractivity contribution in [1.82, 2.24) is 4.72 Å². The van der Waals surface area contributed by atoms with Crippen LogP contribution in [0.4, 0.5) is 0 Å². The lowest BCUT2D eigenvalue weighted by atomic mass is 10.2. The van der Waals surface area contributed by atoms with Crippen molar-refractivity contribution in [3.05, 3.63) is 29.8 Å². The zero-order chi connectivity index (χ0) is 11.5. The van der Waals surface area contributed by atoms with E-state index in [1.54, 1.807) is 12.1 Å². The predicted octanol–water partition coefficient (Wildman–Crippen LogP) is 1.94. The monoisotopic (exact) mass is 227 g/mol. The third-order valence-corrected chi connectivity index (χ3v) is 3.42. The second-order valence-corrected chi connectivity index (χ2v) is 6.42. The maximum Gasteiger partial charge on any atom is 0.115 e. The van der Waals surface area contributed by atoms with Crippen LogP contribution in [0.3, 0.4) is 0 Å². The molecular weight excluding hydrogens is 210 g/mol. The molecule has 1 atom stereocenters. The maximum absolute atomic E-state index is 11.7. The molecule has 15 heavy (non-hydrogen) atoms. The molecule has 0 fully saturated rings. The van der Waals surface area contributed by atoms with Gasteiger partial charge in [-0.3, -0.25) is 0 Å². The van der Waals surface area contributed by atoms with E-state index >= 15 is 0 Å². The zero-order valence-electron chi connectivity index (χ0n) is 9.28. The summed E-state index contributed by atoms with van der Waals surface area (Å²) >= 11 is 0. The molecule has 1 rings (SSSR count). The Balaban J connectivity index is 2.51. The first-order chi connectivity index (χ1) is 6.89. The minimum atomic E-state index is -1.06. The molecule has 0 heterocycles. The Labute approximate surface area is 93.1 Å².